The minimum atomic E-state index is -0.647. The number of hydrogen-bond donors (Lipinski definition) is 2. The highest BCUT2D eigenvalue weighted by atomic mass is 16.5. The highest BCUT2D eigenvalue weighted by Gasteiger charge is 2.44. The van der Waals surface area contributed by atoms with E-state index in [0.29, 0.717) is 12.5 Å². The summed E-state index contributed by atoms with van der Waals surface area (Å²) in [5.74, 6) is 0.454. The van der Waals surface area contributed by atoms with Gasteiger partial charge in [0.25, 0.3) is 0 Å². The molecule has 3 heteroatoms. The highest BCUT2D eigenvalue weighted by Crippen LogP contribution is 2.38. The van der Waals surface area contributed by atoms with Crippen molar-refractivity contribution in [1.29, 1.82) is 0 Å². The van der Waals surface area contributed by atoms with E-state index in [9.17, 15) is 5.11 Å². The average molecular weight is 261 g/mol. The molecule has 0 aromatic heterocycles. The standard InChI is InChI=1S/C16H23NO2/c1-11(2)14-10-16(18,7-8-19-14)15-9-12-5-3-4-6-13(12)17-15/h3-6,11,14-15,17-18H,7-10H2,1-2H3. The second-order valence-electron chi connectivity index (χ2n) is 6.27. The van der Waals surface area contributed by atoms with Crippen molar-refractivity contribution in [2.45, 2.75) is 50.9 Å². The van der Waals surface area contributed by atoms with Gasteiger partial charge < -0.3 is 15.2 Å². The number of aliphatic hydroxyl groups is 1. The first kappa shape index (κ1) is 12.9. The number of fused-ring (bicyclic) bond motifs is 1. The first-order valence-electron chi connectivity index (χ1n) is 7.27. The number of ether oxygens (including phenoxy) is 1. The van der Waals surface area contributed by atoms with Gasteiger partial charge in [-0.05, 0) is 24.0 Å². The molecule has 3 nitrogen and oxygen atoms in total. The fraction of sp³-hybridized carbons (Fsp3) is 0.625. The van der Waals surface area contributed by atoms with Crippen LogP contribution >= 0.6 is 0 Å². The summed E-state index contributed by atoms with van der Waals surface area (Å²) in [6.07, 6.45) is 2.54. The Balaban J connectivity index is 1.76. The maximum Gasteiger partial charge on any atom is 0.0897 e. The van der Waals surface area contributed by atoms with Gasteiger partial charge in [0.05, 0.1) is 17.7 Å². The summed E-state index contributed by atoms with van der Waals surface area (Å²) >= 11 is 0. The van der Waals surface area contributed by atoms with E-state index >= 15 is 0 Å². The summed E-state index contributed by atoms with van der Waals surface area (Å²) in [6, 6.07) is 8.46. The quantitative estimate of drug-likeness (QED) is 0.860. The molecule has 2 heterocycles. The fourth-order valence-electron chi connectivity index (χ4n) is 3.26. The van der Waals surface area contributed by atoms with Crippen molar-refractivity contribution >= 4 is 5.69 Å². The van der Waals surface area contributed by atoms with Gasteiger partial charge in [-0.25, -0.2) is 0 Å². The molecule has 1 fully saturated rings. The number of anilines is 1. The van der Waals surface area contributed by atoms with Crippen LogP contribution in [0.2, 0.25) is 0 Å². The molecular weight excluding hydrogens is 238 g/mol. The van der Waals surface area contributed by atoms with Crippen LogP contribution in [0.3, 0.4) is 0 Å². The monoisotopic (exact) mass is 261 g/mol. The molecule has 2 aliphatic rings. The Kier molecular flexibility index (Phi) is 3.27. The van der Waals surface area contributed by atoms with Gasteiger partial charge in [0, 0.05) is 25.1 Å². The molecule has 0 aliphatic carbocycles. The topological polar surface area (TPSA) is 41.5 Å². The predicted octanol–water partition coefficient (Wildman–Crippen LogP) is 2.59. The van der Waals surface area contributed by atoms with Crippen molar-refractivity contribution in [3.8, 4) is 0 Å². The molecular formula is C16H23NO2. The van der Waals surface area contributed by atoms with Crippen molar-refractivity contribution in [3.63, 3.8) is 0 Å². The second-order valence-corrected chi connectivity index (χ2v) is 6.27. The molecule has 3 rings (SSSR count). The molecule has 2 N–H and O–H groups in total. The summed E-state index contributed by atoms with van der Waals surface area (Å²) < 4.78 is 5.78. The van der Waals surface area contributed by atoms with E-state index in [1.165, 1.54) is 11.3 Å². The van der Waals surface area contributed by atoms with Gasteiger partial charge in [0.2, 0.25) is 0 Å². The van der Waals surface area contributed by atoms with E-state index in [4.69, 9.17) is 4.74 Å². The Morgan fingerprint density at radius 2 is 2.16 bits per heavy atom. The van der Waals surface area contributed by atoms with Crippen LogP contribution in [0.1, 0.15) is 32.3 Å². The maximum atomic E-state index is 11.0. The molecule has 0 amide bonds. The molecule has 0 bridgehead atoms. The van der Waals surface area contributed by atoms with Crippen LogP contribution in [0, 0.1) is 5.92 Å². The van der Waals surface area contributed by atoms with Gasteiger partial charge in [-0.3, -0.25) is 0 Å². The zero-order valence-electron chi connectivity index (χ0n) is 11.7. The molecule has 3 unspecified atom stereocenters. The number of benzene rings is 1. The van der Waals surface area contributed by atoms with Crippen molar-refractivity contribution in [2.75, 3.05) is 11.9 Å². The Morgan fingerprint density at radius 3 is 2.89 bits per heavy atom. The Hall–Kier alpha value is -1.06. The van der Waals surface area contributed by atoms with Gasteiger partial charge in [-0.1, -0.05) is 32.0 Å². The van der Waals surface area contributed by atoms with Crippen LogP contribution in [0.25, 0.3) is 0 Å². The molecule has 3 atom stereocenters. The third-order valence-electron chi connectivity index (χ3n) is 4.58. The molecule has 104 valence electrons. The maximum absolute atomic E-state index is 11.0. The summed E-state index contributed by atoms with van der Waals surface area (Å²) in [5, 5.41) is 14.5. The van der Waals surface area contributed by atoms with Crippen molar-refractivity contribution in [3.05, 3.63) is 29.8 Å². The van der Waals surface area contributed by atoms with Crippen LogP contribution in [0.4, 0.5) is 5.69 Å². The zero-order valence-corrected chi connectivity index (χ0v) is 11.7. The van der Waals surface area contributed by atoms with E-state index in [-0.39, 0.29) is 12.1 Å². The predicted molar refractivity (Wildman–Crippen MR) is 76.3 cm³/mol. The number of hydrogen-bond acceptors (Lipinski definition) is 3. The van der Waals surface area contributed by atoms with E-state index < -0.39 is 5.60 Å². The second kappa shape index (κ2) is 4.80. The lowest BCUT2D eigenvalue weighted by Crippen LogP contribution is -2.53. The van der Waals surface area contributed by atoms with Gasteiger partial charge in [-0.2, -0.15) is 0 Å². The van der Waals surface area contributed by atoms with Crippen LogP contribution in [0.15, 0.2) is 24.3 Å². The first-order chi connectivity index (χ1) is 9.08. The molecule has 1 saturated heterocycles. The van der Waals surface area contributed by atoms with E-state index in [0.717, 1.165) is 19.3 Å². The molecule has 0 spiro atoms. The van der Waals surface area contributed by atoms with Crippen molar-refractivity contribution < 1.29 is 9.84 Å². The largest absolute Gasteiger partial charge is 0.388 e. The van der Waals surface area contributed by atoms with E-state index in [1.807, 2.05) is 6.07 Å². The summed E-state index contributed by atoms with van der Waals surface area (Å²) in [6.45, 7) is 4.98. The Morgan fingerprint density at radius 1 is 1.37 bits per heavy atom. The smallest absolute Gasteiger partial charge is 0.0897 e. The zero-order chi connectivity index (χ0) is 13.5. The number of nitrogens with one attached hydrogen (secondary N) is 1. The Bertz CT molecular complexity index is 435. The van der Waals surface area contributed by atoms with Crippen LogP contribution < -0.4 is 5.32 Å². The normalized spacial score (nSPS) is 34.1. The van der Waals surface area contributed by atoms with Gasteiger partial charge >= 0.3 is 0 Å². The van der Waals surface area contributed by atoms with Gasteiger partial charge in [-0.15, -0.1) is 0 Å². The number of rotatable bonds is 2. The fourth-order valence-corrected chi connectivity index (χ4v) is 3.26. The number of para-hydroxylation sites is 1. The van der Waals surface area contributed by atoms with Crippen LogP contribution in [-0.4, -0.2) is 29.5 Å². The Labute approximate surface area is 115 Å². The van der Waals surface area contributed by atoms with Crippen LogP contribution in [-0.2, 0) is 11.2 Å². The minimum absolute atomic E-state index is 0.120. The molecule has 1 aromatic rings. The third-order valence-corrected chi connectivity index (χ3v) is 4.58. The molecule has 0 saturated carbocycles. The summed E-state index contributed by atoms with van der Waals surface area (Å²) in [5.41, 5.74) is 1.84. The lowest BCUT2D eigenvalue weighted by atomic mass is 9.80. The molecule has 1 aromatic carbocycles. The van der Waals surface area contributed by atoms with E-state index in [2.05, 4.69) is 37.4 Å². The average Bonchev–Trinajstić information content (AvgIpc) is 2.83. The highest BCUT2D eigenvalue weighted by molar-refractivity contribution is 5.57. The molecule has 0 radical (unpaired) electrons. The van der Waals surface area contributed by atoms with Crippen LogP contribution in [0.5, 0.6) is 0 Å². The van der Waals surface area contributed by atoms with Crippen molar-refractivity contribution in [2.24, 2.45) is 5.92 Å². The van der Waals surface area contributed by atoms with Gasteiger partial charge in [0.15, 0.2) is 0 Å². The third kappa shape index (κ3) is 2.37. The lowest BCUT2D eigenvalue weighted by molar-refractivity contribution is -0.123. The lowest BCUT2D eigenvalue weighted by Gasteiger charge is -2.42. The van der Waals surface area contributed by atoms with Gasteiger partial charge in [0.1, 0.15) is 0 Å². The van der Waals surface area contributed by atoms with E-state index in [1.54, 1.807) is 0 Å². The molecule has 2 aliphatic heterocycles. The summed E-state index contributed by atoms with van der Waals surface area (Å²) in [7, 11) is 0. The first-order valence-corrected chi connectivity index (χ1v) is 7.27. The summed E-state index contributed by atoms with van der Waals surface area (Å²) in [4.78, 5) is 0. The van der Waals surface area contributed by atoms with Crippen molar-refractivity contribution in [1.82, 2.24) is 0 Å². The molecule has 19 heavy (non-hydrogen) atoms. The SMILES string of the molecule is CC(C)C1CC(O)(C2Cc3ccccc3N2)CCO1. The minimum Gasteiger partial charge on any atom is -0.388 e.